The van der Waals surface area contributed by atoms with Gasteiger partial charge in [-0.3, -0.25) is 14.6 Å². The molecule has 154 valence electrons. The molecule has 2 amide bonds. The number of guanidine groups is 1. The number of carbonyl (C=O) groups is 2. The monoisotopic (exact) mass is 387 g/mol. The van der Waals surface area contributed by atoms with Gasteiger partial charge in [0.05, 0.1) is 5.41 Å². The molecule has 0 spiro atoms. The van der Waals surface area contributed by atoms with Gasteiger partial charge >= 0.3 is 0 Å². The van der Waals surface area contributed by atoms with Crippen LogP contribution in [0.1, 0.15) is 38.2 Å². The average Bonchev–Trinajstić information content (AvgIpc) is 3.14. The number of aliphatic imine (C=N–C) groups is 1. The van der Waals surface area contributed by atoms with Crippen molar-refractivity contribution in [1.29, 1.82) is 0 Å². The first kappa shape index (κ1) is 21.7. The SMILES string of the molecule is CN=C(NCCc1ccc(NC(C)=O)cc1)NCC1(C(=O)N(C)C)CCCC1. The number of hydrogen-bond donors (Lipinski definition) is 3. The lowest BCUT2D eigenvalue weighted by Crippen LogP contribution is -2.49. The van der Waals surface area contributed by atoms with Gasteiger partial charge in [0.1, 0.15) is 0 Å². The molecule has 0 heterocycles. The highest BCUT2D eigenvalue weighted by Crippen LogP contribution is 2.38. The summed E-state index contributed by atoms with van der Waals surface area (Å²) in [7, 11) is 5.39. The molecule has 0 aromatic heterocycles. The quantitative estimate of drug-likeness (QED) is 0.493. The Labute approximate surface area is 168 Å². The van der Waals surface area contributed by atoms with E-state index in [2.05, 4.69) is 20.9 Å². The van der Waals surface area contributed by atoms with Gasteiger partial charge in [0.15, 0.2) is 5.96 Å². The van der Waals surface area contributed by atoms with Crippen molar-refractivity contribution < 1.29 is 9.59 Å². The summed E-state index contributed by atoms with van der Waals surface area (Å²) in [6, 6.07) is 7.82. The Balaban J connectivity index is 1.82. The number of carbonyl (C=O) groups excluding carboxylic acids is 2. The molecule has 0 bridgehead atoms. The summed E-state index contributed by atoms with van der Waals surface area (Å²) in [4.78, 5) is 29.7. The van der Waals surface area contributed by atoms with Crippen LogP contribution in [-0.2, 0) is 16.0 Å². The van der Waals surface area contributed by atoms with Crippen LogP contribution in [0.2, 0.25) is 0 Å². The standard InChI is InChI=1S/C21H33N5O2/c1-16(27)25-18-9-7-17(8-10-18)11-14-23-20(22-2)24-15-21(12-5-6-13-21)19(28)26(3)4/h7-10H,5-6,11-15H2,1-4H3,(H,25,27)(H2,22,23,24). The lowest BCUT2D eigenvalue weighted by molar-refractivity contribution is -0.138. The normalized spacial score (nSPS) is 15.8. The van der Waals surface area contributed by atoms with Gasteiger partial charge in [-0.2, -0.15) is 0 Å². The van der Waals surface area contributed by atoms with Crippen molar-refractivity contribution in [2.75, 3.05) is 39.5 Å². The lowest BCUT2D eigenvalue weighted by Gasteiger charge is -2.31. The van der Waals surface area contributed by atoms with Crippen molar-refractivity contribution in [3.63, 3.8) is 0 Å². The Hall–Kier alpha value is -2.57. The molecular weight excluding hydrogens is 354 g/mol. The summed E-state index contributed by atoms with van der Waals surface area (Å²) in [5.41, 5.74) is 1.65. The molecule has 7 nitrogen and oxygen atoms in total. The van der Waals surface area contributed by atoms with E-state index in [0.29, 0.717) is 12.5 Å². The minimum Gasteiger partial charge on any atom is -0.356 e. The van der Waals surface area contributed by atoms with Crippen LogP contribution < -0.4 is 16.0 Å². The molecule has 28 heavy (non-hydrogen) atoms. The Morgan fingerprint density at radius 1 is 1.11 bits per heavy atom. The molecule has 3 N–H and O–H groups in total. The van der Waals surface area contributed by atoms with Gasteiger partial charge in [-0.05, 0) is 37.0 Å². The van der Waals surface area contributed by atoms with Crippen LogP contribution >= 0.6 is 0 Å². The van der Waals surface area contributed by atoms with Gasteiger partial charge in [-0.15, -0.1) is 0 Å². The van der Waals surface area contributed by atoms with Gasteiger partial charge in [-0.25, -0.2) is 0 Å². The number of amides is 2. The van der Waals surface area contributed by atoms with Crippen LogP contribution in [0, 0.1) is 5.41 Å². The maximum Gasteiger partial charge on any atom is 0.230 e. The number of rotatable bonds is 7. The van der Waals surface area contributed by atoms with Crippen molar-refractivity contribution in [3.8, 4) is 0 Å². The summed E-state index contributed by atoms with van der Waals surface area (Å²) in [6.45, 7) is 2.83. The molecule has 2 rings (SSSR count). The van der Waals surface area contributed by atoms with Crippen LogP contribution in [0.3, 0.4) is 0 Å². The lowest BCUT2D eigenvalue weighted by atomic mass is 9.84. The third-order valence-electron chi connectivity index (χ3n) is 5.22. The fraction of sp³-hybridized carbons (Fsp3) is 0.571. The Bertz CT molecular complexity index is 691. The van der Waals surface area contributed by atoms with E-state index in [0.717, 1.165) is 44.3 Å². The van der Waals surface area contributed by atoms with E-state index in [-0.39, 0.29) is 17.2 Å². The number of nitrogens with one attached hydrogen (secondary N) is 3. The third kappa shape index (κ3) is 5.97. The van der Waals surface area contributed by atoms with E-state index in [1.54, 1.807) is 11.9 Å². The molecule has 1 fully saturated rings. The van der Waals surface area contributed by atoms with Crippen LogP contribution in [0.5, 0.6) is 0 Å². The summed E-state index contributed by atoms with van der Waals surface area (Å²) in [6.07, 6.45) is 4.88. The van der Waals surface area contributed by atoms with Crippen LogP contribution in [-0.4, -0.2) is 56.9 Å². The third-order valence-corrected chi connectivity index (χ3v) is 5.22. The summed E-state index contributed by atoms with van der Waals surface area (Å²) in [5, 5.41) is 9.43. The molecule has 1 aliphatic rings. The molecule has 7 heteroatoms. The molecule has 0 unspecified atom stereocenters. The second kappa shape index (κ2) is 10.1. The highest BCUT2D eigenvalue weighted by Gasteiger charge is 2.42. The van der Waals surface area contributed by atoms with E-state index in [9.17, 15) is 9.59 Å². The van der Waals surface area contributed by atoms with E-state index < -0.39 is 0 Å². The summed E-state index contributed by atoms with van der Waals surface area (Å²) in [5.74, 6) is 0.844. The molecule has 1 aromatic rings. The van der Waals surface area contributed by atoms with Crippen LogP contribution in [0.25, 0.3) is 0 Å². The van der Waals surface area contributed by atoms with Crippen molar-refractivity contribution in [1.82, 2.24) is 15.5 Å². The maximum absolute atomic E-state index is 12.7. The number of benzene rings is 1. The van der Waals surface area contributed by atoms with Gasteiger partial charge in [0.2, 0.25) is 11.8 Å². The van der Waals surface area contributed by atoms with E-state index in [4.69, 9.17) is 0 Å². The molecule has 1 aromatic carbocycles. The molecule has 1 saturated carbocycles. The molecule has 0 atom stereocenters. The van der Waals surface area contributed by atoms with Crippen molar-refractivity contribution >= 4 is 23.5 Å². The van der Waals surface area contributed by atoms with Gasteiger partial charge in [-0.1, -0.05) is 25.0 Å². The van der Waals surface area contributed by atoms with E-state index >= 15 is 0 Å². The zero-order valence-corrected chi connectivity index (χ0v) is 17.5. The molecule has 1 aliphatic carbocycles. The largest absolute Gasteiger partial charge is 0.356 e. The number of nitrogens with zero attached hydrogens (tertiary/aromatic N) is 2. The first-order valence-corrected chi connectivity index (χ1v) is 9.89. The van der Waals surface area contributed by atoms with Crippen LogP contribution in [0.15, 0.2) is 29.3 Å². The molecule has 0 saturated heterocycles. The van der Waals surface area contributed by atoms with Gasteiger partial charge < -0.3 is 20.9 Å². The maximum atomic E-state index is 12.7. The summed E-state index contributed by atoms with van der Waals surface area (Å²) < 4.78 is 0. The summed E-state index contributed by atoms with van der Waals surface area (Å²) >= 11 is 0. The predicted molar refractivity (Wildman–Crippen MR) is 113 cm³/mol. The first-order valence-electron chi connectivity index (χ1n) is 9.89. The minimum atomic E-state index is -0.319. The molecular formula is C21H33N5O2. The number of anilines is 1. The Morgan fingerprint density at radius 3 is 2.29 bits per heavy atom. The fourth-order valence-corrected chi connectivity index (χ4v) is 3.75. The Kier molecular flexibility index (Phi) is 7.84. The zero-order valence-electron chi connectivity index (χ0n) is 17.5. The second-order valence-electron chi connectivity index (χ2n) is 7.67. The molecule has 0 aliphatic heterocycles. The highest BCUT2D eigenvalue weighted by atomic mass is 16.2. The second-order valence-corrected chi connectivity index (χ2v) is 7.67. The first-order chi connectivity index (χ1) is 13.4. The smallest absolute Gasteiger partial charge is 0.230 e. The average molecular weight is 388 g/mol. The van der Waals surface area contributed by atoms with Crippen LogP contribution in [0.4, 0.5) is 5.69 Å². The molecule has 0 radical (unpaired) electrons. The van der Waals surface area contributed by atoms with E-state index in [1.165, 1.54) is 12.5 Å². The van der Waals surface area contributed by atoms with E-state index in [1.807, 2.05) is 38.4 Å². The topological polar surface area (TPSA) is 85.8 Å². The fourth-order valence-electron chi connectivity index (χ4n) is 3.75. The van der Waals surface area contributed by atoms with Gasteiger partial charge in [0, 0.05) is 46.8 Å². The predicted octanol–water partition coefficient (Wildman–Crippen LogP) is 2.00. The number of hydrogen-bond acceptors (Lipinski definition) is 3. The van der Waals surface area contributed by atoms with Crippen molar-refractivity contribution in [3.05, 3.63) is 29.8 Å². The highest BCUT2D eigenvalue weighted by molar-refractivity contribution is 5.88. The minimum absolute atomic E-state index is 0.0722. The Morgan fingerprint density at radius 2 is 1.75 bits per heavy atom. The zero-order chi connectivity index (χ0) is 20.6. The van der Waals surface area contributed by atoms with Gasteiger partial charge in [0.25, 0.3) is 0 Å². The van der Waals surface area contributed by atoms with Crippen molar-refractivity contribution in [2.24, 2.45) is 10.4 Å². The van der Waals surface area contributed by atoms with Crippen molar-refractivity contribution in [2.45, 2.75) is 39.0 Å².